The van der Waals surface area contributed by atoms with Crippen LogP contribution in [0.5, 0.6) is 5.75 Å². The Balaban J connectivity index is 1.95. The maximum Gasteiger partial charge on any atom is 0.139 e. The zero-order chi connectivity index (χ0) is 10.7. The van der Waals surface area contributed by atoms with Gasteiger partial charge in [-0.05, 0) is 19.9 Å². The highest BCUT2D eigenvalue weighted by molar-refractivity contribution is 5.50. The molecule has 4 heteroatoms. The van der Waals surface area contributed by atoms with Gasteiger partial charge in [-0.2, -0.15) is 0 Å². The lowest BCUT2D eigenvalue weighted by Crippen LogP contribution is -2.46. The maximum absolute atomic E-state index is 5.64. The highest BCUT2D eigenvalue weighted by atomic mass is 16.5. The van der Waals surface area contributed by atoms with Crippen molar-refractivity contribution in [2.75, 3.05) is 25.5 Å². The van der Waals surface area contributed by atoms with E-state index < -0.39 is 0 Å². The van der Waals surface area contributed by atoms with Gasteiger partial charge < -0.3 is 15.4 Å². The van der Waals surface area contributed by atoms with Crippen molar-refractivity contribution in [3.63, 3.8) is 0 Å². The zero-order valence-corrected chi connectivity index (χ0v) is 9.21. The summed E-state index contributed by atoms with van der Waals surface area (Å²) in [5.41, 5.74) is 2.01. The Morgan fingerprint density at radius 1 is 1.67 bits per heavy atom. The molecule has 1 atom stereocenters. The van der Waals surface area contributed by atoms with Crippen molar-refractivity contribution in [1.82, 2.24) is 10.3 Å². The smallest absolute Gasteiger partial charge is 0.139 e. The summed E-state index contributed by atoms with van der Waals surface area (Å²) < 4.78 is 5.64. The molecule has 2 rings (SSSR count). The molecule has 0 aliphatic carbocycles. The van der Waals surface area contributed by atoms with Gasteiger partial charge in [-0.15, -0.1) is 0 Å². The Hall–Kier alpha value is -1.29. The van der Waals surface area contributed by atoms with E-state index in [2.05, 4.69) is 15.6 Å². The normalized spacial score (nSPS) is 19.5. The van der Waals surface area contributed by atoms with Crippen molar-refractivity contribution in [3.05, 3.63) is 18.0 Å². The van der Waals surface area contributed by atoms with Gasteiger partial charge in [0, 0.05) is 19.2 Å². The molecule has 0 radical (unpaired) electrons. The summed E-state index contributed by atoms with van der Waals surface area (Å²) in [4.78, 5) is 4.26. The molecule has 1 aromatic rings. The minimum atomic E-state index is 0.518. The van der Waals surface area contributed by atoms with Crippen LogP contribution in [0.3, 0.4) is 0 Å². The lowest BCUT2D eigenvalue weighted by Gasteiger charge is -2.27. The average molecular weight is 207 g/mol. The van der Waals surface area contributed by atoms with E-state index in [0.29, 0.717) is 6.04 Å². The highest BCUT2D eigenvalue weighted by Crippen LogP contribution is 2.19. The van der Waals surface area contributed by atoms with Crippen LogP contribution in [-0.4, -0.2) is 31.2 Å². The standard InChI is InChI=1S/C11H17N3O/c1-8-11(12-2)5-10(6-14-8)15-7-9-3-4-13-9/h5-6,9,12-13H,3-4,7H2,1-2H3/t9-/m0/s1. The summed E-state index contributed by atoms with van der Waals surface area (Å²) in [6.07, 6.45) is 2.98. The predicted molar refractivity (Wildman–Crippen MR) is 60.4 cm³/mol. The third-order valence-electron chi connectivity index (χ3n) is 2.71. The maximum atomic E-state index is 5.64. The first-order valence-electron chi connectivity index (χ1n) is 5.30. The number of pyridine rings is 1. The van der Waals surface area contributed by atoms with Crippen molar-refractivity contribution in [2.45, 2.75) is 19.4 Å². The number of nitrogens with one attached hydrogen (secondary N) is 2. The molecule has 1 aliphatic heterocycles. The molecule has 2 heterocycles. The fourth-order valence-corrected chi connectivity index (χ4v) is 1.53. The number of hydrogen-bond acceptors (Lipinski definition) is 4. The van der Waals surface area contributed by atoms with Crippen LogP contribution < -0.4 is 15.4 Å². The second-order valence-electron chi connectivity index (χ2n) is 3.80. The molecule has 2 N–H and O–H groups in total. The molecule has 82 valence electrons. The van der Waals surface area contributed by atoms with Crippen molar-refractivity contribution in [2.24, 2.45) is 0 Å². The van der Waals surface area contributed by atoms with E-state index in [9.17, 15) is 0 Å². The number of rotatable bonds is 4. The Labute approximate surface area is 90.0 Å². The van der Waals surface area contributed by atoms with Crippen LogP contribution in [0.15, 0.2) is 12.3 Å². The summed E-state index contributed by atoms with van der Waals surface area (Å²) in [6.45, 7) is 3.82. The third-order valence-corrected chi connectivity index (χ3v) is 2.71. The molecular formula is C11H17N3O. The molecule has 0 unspecified atom stereocenters. The first-order chi connectivity index (χ1) is 7.29. The number of ether oxygens (including phenoxy) is 1. The third kappa shape index (κ3) is 2.39. The molecular weight excluding hydrogens is 190 g/mol. The van der Waals surface area contributed by atoms with E-state index in [0.717, 1.165) is 30.3 Å². The van der Waals surface area contributed by atoms with Gasteiger partial charge in [-0.3, -0.25) is 4.98 Å². The van der Waals surface area contributed by atoms with Crippen molar-refractivity contribution in [1.29, 1.82) is 0 Å². The fraction of sp³-hybridized carbons (Fsp3) is 0.545. The van der Waals surface area contributed by atoms with Crippen LogP contribution >= 0.6 is 0 Å². The SMILES string of the molecule is CNc1cc(OC[C@@H]2CCN2)cnc1C. The van der Waals surface area contributed by atoms with E-state index >= 15 is 0 Å². The summed E-state index contributed by atoms with van der Waals surface area (Å²) >= 11 is 0. The van der Waals surface area contributed by atoms with Crippen LogP contribution in [0.1, 0.15) is 12.1 Å². The Morgan fingerprint density at radius 3 is 3.07 bits per heavy atom. The molecule has 0 aromatic carbocycles. The predicted octanol–water partition coefficient (Wildman–Crippen LogP) is 1.17. The second-order valence-corrected chi connectivity index (χ2v) is 3.80. The topological polar surface area (TPSA) is 46.2 Å². The van der Waals surface area contributed by atoms with Crippen molar-refractivity contribution in [3.8, 4) is 5.75 Å². The van der Waals surface area contributed by atoms with Gasteiger partial charge in [0.25, 0.3) is 0 Å². The number of nitrogens with zero attached hydrogens (tertiary/aromatic N) is 1. The second kappa shape index (κ2) is 4.49. The lowest BCUT2D eigenvalue weighted by atomic mass is 10.1. The van der Waals surface area contributed by atoms with E-state index in [4.69, 9.17) is 4.74 Å². The molecule has 1 saturated heterocycles. The van der Waals surface area contributed by atoms with Crippen molar-refractivity contribution < 1.29 is 4.74 Å². The largest absolute Gasteiger partial charge is 0.490 e. The van der Waals surface area contributed by atoms with Gasteiger partial charge in [0.1, 0.15) is 12.4 Å². The minimum Gasteiger partial charge on any atom is -0.490 e. The quantitative estimate of drug-likeness (QED) is 0.778. The molecule has 1 fully saturated rings. The van der Waals surface area contributed by atoms with Gasteiger partial charge in [0.05, 0.1) is 17.6 Å². The molecule has 15 heavy (non-hydrogen) atoms. The zero-order valence-electron chi connectivity index (χ0n) is 9.21. The van der Waals surface area contributed by atoms with Crippen LogP contribution in [-0.2, 0) is 0 Å². The molecule has 4 nitrogen and oxygen atoms in total. The number of aryl methyl sites for hydroxylation is 1. The van der Waals surface area contributed by atoms with Gasteiger partial charge in [0.15, 0.2) is 0 Å². The molecule has 0 spiro atoms. The fourth-order valence-electron chi connectivity index (χ4n) is 1.53. The summed E-state index contributed by atoms with van der Waals surface area (Å²) in [5.74, 6) is 0.832. The number of hydrogen-bond donors (Lipinski definition) is 2. The first-order valence-corrected chi connectivity index (χ1v) is 5.30. The summed E-state index contributed by atoms with van der Waals surface area (Å²) in [5, 5.41) is 6.39. The number of anilines is 1. The Bertz CT molecular complexity index is 337. The monoisotopic (exact) mass is 207 g/mol. The lowest BCUT2D eigenvalue weighted by molar-refractivity contribution is 0.217. The van der Waals surface area contributed by atoms with Crippen LogP contribution in [0.2, 0.25) is 0 Å². The van der Waals surface area contributed by atoms with Crippen LogP contribution in [0.4, 0.5) is 5.69 Å². The molecule has 1 aromatic heterocycles. The summed E-state index contributed by atoms with van der Waals surface area (Å²) in [7, 11) is 1.89. The van der Waals surface area contributed by atoms with Gasteiger partial charge in [0.2, 0.25) is 0 Å². The van der Waals surface area contributed by atoms with Crippen LogP contribution in [0, 0.1) is 6.92 Å². The number of aromatic nitrogens is 1. The molecule has 0 amide bonds. The van der Waals surface area contributed by atoms with Gasteiger partial charge >= 0.3 is 0 Å². The van der Waals surface area contributed by atoms with E-state index in [1.165, 1.54) is 6.42 Å². The highest BCUT2D eigenvalue weighted by Gasteiger charge is 2.16. The van der Waals surface area contributed by atoms with Crippen molar-refractivity contribution >= 4 is 5.69 Å². The average Bonchev–Trinajstić information content (AvgIpc) is 2.18. The first kappa shape index (κ1) is 10.2. The Morgan fingerprint density at radius 2 is 2.47 bits per heavy atom. The molecule has 1 aliphatic rings. The minimum absolute atomic E-state index is 0.518. The van der Waals surface area contributed by atoms with Gasteiger partial charge in [-0.1, -0.05) is 0 Å². The molecule has 0 bridgehead atoms. The van der Waals surface area contributed by atoms with Crippen LogP contribution in [0.25, 0.3) is 0 Å². The molecule has 0 saturated carbocycles. The summed E-state index contributed by atoms with van der Waals surface area (Å²) in [6, 6.07) is 2.51. The Kier molecular flexibility index (Phi) is 3.06. The van der Waals surface area contributed by atoms with E-state index in [1.807, 2.05) is 20.0 Å². The van der Waals surface area contributed by atoms with E-state index in [-0.39, 0.29) is 0 Å². The van der Waals surface area contributed by atoms with Gasteiger partial charge in [-0.25, -0.2) is 0 Å². The van der Waals surface area contributed by atoms with E-state index in [1.54, 1.807) is 6.20 Å².